The summed E-state index contributed by atoms with van der Waals surface area (Å²) in [7, 11) is 0. The molecule has 72 valence electrons. The number of pyridine rings is 1. The SMILES string of the molecule is O=c1[nH]cc(CO)c(C(F)F)c1Br. The van der Waals surface area contributed by atoms with E-state index in [1.54, 1.807) is 0 Å². The van der Waals surface area contributed by atoms with E-state index in [0.717, 1.165) is 6.20 Å². The molecule has 0 amide bonds. The highest BCUT2D eigenvalue weighted by molar-refractivity contribution is 9.10. The third-order valence-corrected chi connectivity index (χ3v) is 2.34. The van der Waals surface area contributed by atoms with Crippen molar-refractivity contribution in [2.75, 3.05) is 0 Å². The topological polar surface area (TPSA) is 53.1 Å². The molecule has 0 radical (unpaired) electrons. The minimum Gasteiger partial charge on any atom is -0.392 e. The molecule has 13 heavy (non-hydrogen) atoms. The fourth-order valence-electron chi connectivity index (χ4n) is 0.924. The Kier molecular flexibility index (Phi) is 3.16. The second-order valence-electron chi connectivity index (χ2n) is 2.33. The van der Waals surface area contributed by atoms with Gasteiger partial charge in [0.25, 0.3) is 12.0 Å². The van der Waals surface area contributed by atoms with Gasteiger partial charge in [0.05, 0.1) is 11.1 Å². The lowest BCUT2D eigenvalue weighted by atomic mass is 10.1. The monoisotopic (exact) mass is 253 g/mol. The predicted molar refractivity (Wildman–Crippen MR) is 45.6 cm³/mol. The van der Waals surface area contributed by atoms with Gasteiger partial charge in [-0.3, -0.25) is 4.79 Å². The van der Waals surface area contributed by atoms with Crippen molar-refractivity contribution in [1.29, 1.82) is 0 Å². The second-order valence-corrected chi connectivity index (χ2v) is 3.12. The minimum absolute atomic E-state index is 0.0153. The van der Waals surface area contributed by atoms with E-state index in [0.29, 0.717) is 0 Å². The highest BCUT2D eigenvalue weighted by Crippen LogP contribution is 2.27. The minimum atomic E-state index is -2.78. The van der Waals surface area contributed by atoms with Gasteiger partial charge in [-0.15, -0.1) is 0 Å². The fourth-order valence-corrected chi connectivity index (χ4v) is 1.47. The molecule has 6 heteroatoms. The maximum absolute atomic E-state index is 12.4. The molecule has 0 atom stereocenters. The van der Waals surface area contributed by atoms with Crippen LogP contribution in [0.25, 0.3) is 0 Å². The summed E-state index contributed by atoms with van der Waals surface area (Å²) >= 11 is 2.74. The van der Waals surface area contributed by atoms with Gasteiger partial charge in [0.2, 0.25) is 0 Å². The molecule has 3 nitrogen and oxygen atoms in total. The Labute approximate surface area is 80.5 Å². The lowest BCUT2D eigenvalue weighted by Gasteiger charge is -2.06. The maximum atomic E-state index is 12.4. The smallest absolute Gasteiger partial charge is 0.265 e. The molecule has 0 aliphatic carbocycles. The number of rotatable bonds is 2. The van der Waals surface area contributed by atoms with Gasteiger partial charge in [-0.2, -0.15) is 0 Å². The predicted octanol–water partition coefficient (Wildman–Crippen LogP) is 1.57. The lowest BCUT2D eigenvalue weighted by molar-refractivity contribution is 0.146. The molecular formula is C7H6BrF2NO2. The van der Waals surface area contributed by atoms with Gasteiger partial charge >= 0.3 is 0 Å². The van der Waals surface area contributed by atoms with Crippen molar-refractivity contribution in [2.24, 2.45) is 0 Å². The van der Waals surface area contributed by atoms with Gasteiger partial charge in [0.1, 0.15) is 0 Å². The standard InChI is InChI=1S/C7H6BrF2NO2/c8-5-4(6(9)10)3(2-12)1-11-7(5)13/h1,6,12H,2H2,(H,11,13). The fraction of sp³-hybridized carbons (Fsp3) is 0.286. The molecule has 0 bridgehead atoms. The van der Waals surface area contributed by atoms with Crippen LogP contribution in [0.4, 0.5) is 8.78 Å². The summed E-state index contributed by atoms with van der Waals surface area (Å²) in [5, 5.41) is 8.71. The first-order valence-electron chi connectivity index (χ1n) is 3.37. The van der Waals surface area contributed by atoms with E-state index in [9.17, 15) is 13.6 Å². The molecule has 0 fully saturated rings. The number of hydrogen-bond donors (Lipinski definition) is 2. The van der Waals surface area contributed by atoms with E-state index in [1.165, 1.54) is 0 Å². The first-order chi connectivity index (χ1) is 6.07. The van der Waals surface area contributed by atoms with Gasteiger partial charge in [0, 0.05) is 17.3 Å². The zero-order valence-corrected chi connectivity index (χ0v) is 7.94. The molecule has 0 saturated heterocycles. The molecule has 0 aliphatic rings. The number of halogens is 3. The highest BCUT2D eigenvalue weighted by atomic mass is 79.9. The van der Waals surface area contributed by atoms with Crippen molar-refractivity contribution >= 4 is 15.9 Å². The van der Waals surface area contributed by atoms with E-state index in [2.05, 4.69) is 20.9 Å². The third-order valence-electron chi connectivity index (χ3n) is 1.55. The maximum Gasteiger partial charge on any atom is 0.265 e. The summed E-state index contributed by atoms with van der Waals surface area (Å²) in [5.74, 6) is 0. The molecule has 1 heterocycles. The molecule has 0 aromatic carbocycles. The Bertz CT molecular complexity index is 364. The van der Waals surface area contributed by atoms with E-state index >= 15 is 0 Å². The molecule has 0 saturated carbocycles. The summed E-state index contributed by atoms with van der Waals surface area (Å²) in [4.78, 5) is 13.1. The van der Waals surface area contributed by atoms with Crippen LogP contribution in [-0.2, 0) is 6.61 Å². The zero-order chi connectivity index (χ0) is 10.0. The average Bonchev–Trinajstić information content (AvgIpc) is 2.08. The number of hydrogen-bond acceptors (Lipinski definition) is 2. The first-order valence-corrected chi connectivity index (χ1v) is 4.16. The molecular weight excluding hydrogens is 248 g/mol. The number of alkyl halides is 2. The summed E-state index contributed by atoms with van der Waals surface area (Å²) in [6, 6.07) is 0. The molecule has 1 aromatic rings. The van der Waals surface area contributed by atoms with E-state index in [-0.39, 0.29) is 10.0 Å². The van der Waals surface area contributed by atoms with Crippen molar-refractivity contribution in [3.63, 3.8) is 0 Å². The number of H-pyrrole nitrogens is 1. The van der Waals surface area contributed by atoms with Crippen LogP contribution in [0.1, 0.15) is 17.6 Å². The normalized spacial score (nSPS) is 10.8. The van der Waals surface area contributed by atoms with Crippen LogP contribution in [0.3, 0.4) is 0 Å². The van der Waals surface area contributed by atoms with Crippen molar-refractivity contribution in [3.05, 3.63) is 32.2 Å². The number of aliphatic hydroxyl groups is 1. The Morgan fingerprint density at radius 3 is 2.69 bits per heavy atom. The third kappa shape index (κ3) is 1.94. The number of aliphatic hydroxyl groups excluding tert-OH is 1. The number of aromatic nitrogens is 1. The summed E-state index contributed by atoms with van der Waals surface area (Å²) in [6.45, 7) is -0.533. The summed E-state index contributed by atoms with van der Waals surface area (Å²) < 4.78 is 24.5. The van der Waals surface area contributed by atoms with Crippen LogP contribution in [0, 0.1) is 0 Å². The number of aromatic amines is 1. The van der Waals surface area contributed by atoms with E-state index < -0.39 is 24.2 Å². The van der Waals surface area contributed by atoms with Crippen LogP contribution in [0.5, 0.6) is 0 Å². The van der Waals surface area contributed by atoms with E-state index in [4.69, 9.17) is 5.11 Å². The van der Waals surface area contributed by atoms with Gasteiger partial charge in [-0.05, 0) is 15.9 Å². The second kappa shape index (κ2) is 3.97. The molecule has 1 aromatic heterocycles. The molecule has 0 spiro atoms. The number of nitrogens with one attached hydrogen (secondary N) is 1. The van der Waals surface area contributed by atoms with Crippen molar-refractivity contribution in [1.82, 2.24) is 4.98 Å². The molecule has 0 aliphatic heterocycles. The van der Waals surface area contributed by atoms with Crippen LogP contribution >= 0.6 is 15.9 Å². The van der Waals surface area contributed by atoms with Crippen molar-refractivity contribution in [3.8, 4) is 0 Å². The Morgan fingerprint density at radius 1 is 1.62 bits per heavy atom. The molecule has 2 N–H and O–H groups in total. The van der Waals surface area contributed by atoms with Gasteiger partial charge in [-0.25, -0.2) is 8.78 Å². The average molecular weight is 254 g/mol. The van der Waals surface area contributed by atoms with Crippen LogP contribution in [0.15, 0.2) is 15.5 Å². The van der Waals surface area contributed by atoms with E-state index in [1.807, 2.05) is 0 Å². The van der Waals surface area contributed by atoms with Crippen molar-refractivity contribution in [2.45, 2.75) is 13.0 Å². The lowest BCUT2D eigenvalue weighted by Crippen LogP contribution is -2.12. The molecule has 0 unspecified atom stereocenters. The summed E-state index contributed by atoms with van der Waals surface area (Å²) in [5.41, 5.74) is -1.07. The summed E-state index contributed by atoms with van der Waals surface area (Å²) in [6.07, 6.45) is -1.70. The van der Waals surface area contributed by atoms with Crippen LogP contribution in [0.2, 0.25) is 0 Å². The van der Waals surface area contributed by atoms with Crippen LogP contribution in [-0.4, -0.2) is 10.1 Å². The van der Waals surface area contributed by atoms with Crippen molar-refractivity contribution < 1.29 is 13.9 Å². The van der Waals surface area contributed by atoms with Gasteiger partial charge < -0.3 is 10.1 Å². The Balaban J connectivity index is 3.41. The largest absolute Gasteiger partial charge is 0.392 e. The zero-order valence-electron chi connectivity index (χ0n) is 6.35. The van der Waals surface area contributed by atoms with Crippen LogP contribution < -0.4 is 5.56 Å². The quantitative estimate of drug-likeness (QED) is 0.841. The Hall–Kier alpha value is -0.750. The molecule has 1 rings (SSSR count). The Morgan fingerprint density at radius 2 is 2.23 bits per heavy atom. The van der Waals surface area contributed by atoms with Gasteiger partial charge in [0.15, 0.2) is 0 Å². The highest BCUT2D eigenvalue weighted by Gasteiger charge is 2.18. The first kappa shape index (κ1) is 10.3. The van der Waals surface area contributed by atoms with Gasteiger partial charge in [-0.1, -0.05) is 0 Å².